The van der Waals surface area contributed by atoms with Crippen molar-refractivity contribution in [3.05, 3.63) is 27.8 Å². The highest BCUT2D eigenvalue weighted by Gasteiger charge is 2.08. The molecule has 1 aromatic heterocycles. The molecule has 0 aliphatic rings. The number of hydrogen-bond acceptors (Lipinski definition) is 4. The monoisotopic (exact) mass is 348 g/mol. The second-order valence-corrected chi connectivity index (χ2v) is 4.84. The summed E-state index contributed by atoms with van der Waals surface area (Å²) in [5, 5.41) is 0.166. The van der Waals surface area contributed by atoms with Gasteiger partial charge in [0.1, 0.15) is 5.88 Å². The first-order valence-electron chi connectivity index (χ1n) is 4.84. The molecular formula is C10H7BrCl2N4O. The van der Waals surface area contributed by atoms with E-state index in [1.807, 2.05) is 6.07 Å². The van der Waals surface area contributed by atoms with Gasteiger partial charge >= 0.3 is 0 Å². The predicted molar refractivity (Wildman–Crippen MR) is 74.7 cm³/mol. The predicted octanol–water partition coefficient (Wildman–Crippen LogP) is 2.73. The molecule has 0 unspecified atom stereocenters. The summed E-state index contributed by atoms with van der Waals surface area (Å²) >= 11 is 14.6. The van der Waals surface area contributed by atoms with Crippen LogP contribution >= 0.6 is 39.1 Å². The van der Waals surface area contributed by atoms with Crippen LogP contribution in [0, 0.1) is 0 Å². The Hall–Kier alpha value is -1.11. The third kappa shape index (κ3) is 3.01. The summed E-state index contributed by atoms with van der Waals surface area (Å²) in [7, 11) is 0. The van der Waals surface area contributed by atoms with Gasteiger partial charge < -0.3 is 0 Å². The number of rotatable bonds is 3. The van der Waals surface area contributed by atoms with Crippen LogP contribution in [0.2, 0.25) is 5.15 Å². The van der Waals surface area contributed by atoms with Crippen molar-refractivity contribution in [2.75, 3.05) is 11.3 Å². The highest BCUT2D eigenvalue weighted by molar-refractivity contribution is 9.10. The van der Waals surface area contributed by atoms with E-state index in [1.165, 1.54) is 0 Å². The Bertz CT molecular complexity index is 608. The van der Waals surface area contributed by atoms with E-state index in [9.17, 15) is 4.79 Å². The smallest absolute Gasteiger partial charge is 0.253 e. The standard InChI is InChI=1S/C10H7BrCl2N4O/c11-5-1-2-6-7(3-5)15-10(9(13)14-6)17-16-8(18)4-12/h1-3H,4H2,(H,15,17)(H,16,18). The molecule has 1 amide bonds. The van der Waals surface area contributed by atoms with E-state index >= 15 is 0 Å². The molecule has 0 fully saturated rings. The van der Waals surface area contributed by atoms with Crippen molar-refractivity contribution in [2.45, 2.75) is 0 Å². The summed E-state index contributed by atoms with van der Waals surface area (Å²) in [6.07, 6.45) is 0. The number of hydrogen-bond donors (Lipinski definition) is 2. The van der Waals surface area contributed by atoms with E-state index in [2.05, 4.69) is 36.7 Å². The van der Waals surface area contributed by atoms with Crippen LogP contribution in [0.15, 0.2) is 22.7 Å². The van der Waals surface area contributed by atoms with Gasteiger partial charge in [0, 0.05) is 4.47 Å². The molecule has 0 aliphatic carbocycles. The van der Waals surface area contributed by atoms with E-state index in [0.717, 1.165) is 4.47 Å². The van der Waals surface area contributed by atoms with Crippen molar-refractivity contribution in [3.8, 4) is 0 Å². The Balaban J connectivity index is 2.32. The molecule has 18 heavy (non-hydrogen) atoms. The number of nitrogens with zero attached hydrogens (tertiary/aromatic N) is 2. The summed E-state index contributed by atoms with van der Waals surface area (Å²) in [5.41, 5.74) is 6.23. The molecule has 1 aromatic carbocycles. The third-order valence-corrected chi connectivity index (χ3v) is 3.02. The number of carbonyl (C=O) groups is 1. The third-order valence-electron chi connectivity index (χ3n) is 2.03. The molecule has 8 heteroatoms. The maximum atomic E-state index is 11.0. The van der Waals surface area contributed by atoms with E-state index in [0.29, 0.717) is 11.0 Å². The van der Waals surface area contributed by atoms with Crippen LogP contribution in [0.1, 0.15) is 0 Å². The molecule has 0 atom stereocenters. The minimum absolute atomic E-state index is 0.156. The Kier molecular flexibility index (Phi) is 4.21. The first-order valence-corrected chi connectivity index (χ1v) is 6.54. The van der Waals surface area contributed by atoms with Gasteiger partial charge in [0.05, 0.1) is 11.0 Å². The second-order valence-electron chi connectivity index (χ2n) is 3.30. The molecule has 0 spiro atoms. The number of amides is 1. The first-order chi connectivity index (χ1) is 8.60. The fourth-order valence-electron chi connectivity index (χ4n) is 1.25. The Morgan fingerprint density at radius 3 is 2.83 bits per heavy atom. The van der Waals surface area contributed by atoms with Gasteiger partial charge in [-0.05, 0) is 18.2 Å². The van der Waals surface area contributed by atoms with Crippen LogP contribution in [0.25, 0.3) is 11.0 Å². The zero-order valence-electron chi connectivity index (χ0n) is 8.88. The van der Waals surface area contributed by atoms with Crippen molar-refractivity contribution in [3.63, 3.8) is 0 Å². The lowest BCUT2D eigenvalue weighted by molar-refractivity contribution is -0.118. The summed E-state index contributed by atoms with van der Waals surface area (Å²) in [6.45, 7) is 0. The van der Waals surface area contributed by atoms with Gasteiger partial charge in [-0.3, -0.25) is 15.6 Å². The van der Waals surface area contributed by atoms with Crippen molar-refractivity contribution in [2.24, 2.45) is 0 Å². The number of fused-ring (bicyclic) bond motifs is 1. The molecule has 1 heterocycles. The van der Waals surface area contributed by atoms with Crippen LogP contribution in [0.5, 0.6) is 0 Å². The second kappa shape index (κ2) is 5.69. The van der Waals surface area contributed by atoms with Gasteiger partial charge in [0.2, 0.25) is 0 Å². The van der Waals surface area contributed by atoms with Crippen LogP contribution in [-0.2, 0) is 4.79 Å². The largest absolute Gasteiger partial charge is 0.279 e. The van der Waals surface area contributed by atoms with E-state index < -0.39 is 0 Å². The number of alkyl halides is 1. The molecule has 0 bridgehead atoms. The maximum absolute atomic E-state index is 11.0. The molecule has 0 radical (unpaired) electrons. The zero-order valence-corrected chi connectivity index (χ0v) is 12.0. The van der Waals surface area contributed by atoms with Crippen molar-refractivity contribution < 1.29 is 4.79 Å². The van der Waals surface area contributed by atoms with Gasteiger partial charge in [0.15, 0.2) is 11.0 Å². The lowest BCUT2D eigenvalue weighted by atomic mass is 10.3. The Morgan fingerprint density at radius 2 is 2.11 bits per heavy atom. The minimum Gasteiger partial charge on any atom is -0.279 e. The molecule has 2 rings (SSSR count). The zero-order chi connectivity index (χ0) is 13.1. The van der Waals surface area contributed by atoms with Crippen LogP contribution in [0.3, 0.4) is 0 Å². The van der Waals surface area contributed by atoms with Gasteiger partial charge in [-0.2, -0.15) is 0 Å². The molecule has 0 saturated carbocycles. The lowest BCUT2D eigenvalue weighted by Gasteiger charge is -2.08. The molecule has 94 valence electrons. The van der Waals surface area contributed by atoms with Crippen molar-refractivity contribution in [1.82, 2.24) is 15.4 Å². The molecule has 2 aromatic rings. The van der Waals surface area contributed by atoms with E-state index in [4.69, 9.17) is 23.2 Å². The number of nitrogens with one attached hydrogen (secondary N) is 2. The number of halogens is 3. The van der Waals surface area contributed by atoms with E-state index in [1.54, 1.807) is 12.1 Å². The Labute approximate surface area is 121 Å². The summed E-state index contributed by atoms with van der Waals surface area (Å²) in [4.78, 5) is 19.4. The minimum atomic E-state index is -0.385. The summed E-state index contributed by atoms with van der Waals surface area (Å²) in [6, 6.07) is 5.43. The number of aromatic nitrogens is 2. The first kappa shape index (κ1) is 13.3. The number of hydrazine groups is 1. The van der Waals surface area contributed by atoms with Crippen LogP contribution in [0.4, 0.5) is 5.82 Å². The lowest BCUT2D eigenvalue weighted by Crippen LogP contribution is -2.30. The summed E-state index contributed by atoms with van der Waals surface area (Å²) < 4.78 is 0.877. The van der Waals surface area contributed by atoms with Crippen molar-refractivity contribution >= 4 is 61.9 Å². The average Bonchev–Trinajstić information content (AvgIpc) is 2.36. The van der Waals surface area contributed by atoms with Gasteiger partial charge in [0.25, 0.3) is 5.91 Å². The maximum Gasteiger partial charge on any atom is 0.253 e. The fourth-order valence-corrected chi connectivity index (χ4v) is 1.84. The molecule has 0 aliphatic heterocycles. The molecule has 0 saturated heterocycles. The molecule has 2 N–H and O–H groups in total. The van der Waals surface area contributed by atoms with Crippen molar-refractivity contribution in [1.29, 1.82) is 0 Å². The normalized spacial score (nSPS) is 10.4. The van der Waals surface area contributed by atoms with Crippen LogP contribution in [-0.4, -0.2) is 21.8 Å². The van der Waals surface area contributed by atoms with Gasteiger partial charge in [-0.15, -0.1) is 11.6 Å². The number of benzene rings is 1. The number of anilines is 1. The average molecular weight is 350 g/mol. The highest BCUT2D eigenvalue weighted by atomic mass is 79.9. The summed E-state index contributed by atoms with van der Waals surface area (Å²) in [5.74, 6) is -0.276. The Morgan fingerprint density at radius 1 is 1.33 bits per heavy atom. The van der Waals surface area contributed by atoms with Gasteiger partial charge in [-0.1, -0.05) is 27.5 Å². The molecule has 5 nitrogen and oxygen atoms in total. The topological polar surface area (TPSA) is 66.9 Å². The van der Waals surface area contributed by atoms with Crippen LogP contribution < -0.4 is 10.9 Å². The SMILES string of the molecule is O=C(CCl)NNc1nc2cc(Br)ccc2nc1Cl. The van der Waals surface area contributed by atoms with E-state index in [-0.39, 0.29) is 22.8 Å². The van der Waals surface area contributed by atoms with Gasteiger partial charge in [-0.25, -0.2) is 9.97 Å². The quantitative estimate of drug-likeness (QED) is 0.660. The fraction of sp³-hybridized carbons (Fsp3) is 0.100. The molecular weight excluding hydrogens is 343 g/mol. The highest BCUT2D eigenvalue weighted by Crippen LogP contribution is 2.23. The number of carbonyl (C=O) groups excluding carboxylic acids is 1.